The van der Waals surface area contributed by atoms with E-state index in [2.05, 4.69) is 5.32 Å². The van der Waals surface area contributed by atoms with E-state index in [1.807, 2.05) is 24.4 Å². The molecule has 0 radical (unpaired) electrons. The van der Waals surface area contributed by atoms with Gasteiger partial charge in [0.05, 0.1) is 12.1 Å². The van der Waals surface area contributed by atoms with E-state index in [1.54, 1.807) is 11.3 Å². The van der Waals surface area contributed by atoms with Crippen LogP contribution in [0.2, 0.25) is 0 Å². The summed E-state index contributed by atoms with van der Waals surface area (Å²) in [5, 5.41) is 13.3. The van der Waals surface area contributed by atoms with Crippen molar-refractivity contribution in [1.29, 1.82) is 0 Å². The minimum atomic E-state index is -0.941. The number of rotatable bonds is 7. The molecule has 5 nitrogen and oxygen atoms in total. The van der Waals surface area contributed by atoms with Crippen LogP contribution in [0.15, 0.2) is 17.5 Å². The van der Waals surface area contributed by atoms with Crippen LogP contribution in [0.3, 0.4) is 0 Å². The molecular formula is C12H18N2O3S. The number of hydrogen-bond acceptors (Lipinski definition) is 4. The first-order valence-corrected chi connectivity index (χ1v) is 6.73. The van der Waals surface area contributed by atoms with E-state index in [1.165, 1.54) is 0 Å². The van der Waals surface area contributed by atoms with Gasteiger partial charge in [0.25, 0.3) is 0 Å². The van der Waals surface area contributed by atoms with Crippen molar-refractivity contribution in [2.24, 2.45) is 5.73 Å². The number of hydrogen-bond donors (Lipinski definition) is 3. The summed E-state index contributed by atoms with van der Waals surface area (Å²) < 4.78 is 0. The molecule has 0 fully saturated rings. The van der Waals surface area contributed by atoms with Crippen molar-refractivity contribution in [1.82, 2.24) is 5.32 Å². The first-order valence-electron chi connectivity index (χ1n) is 5.85. The van der Waals surface area contributed by atoms with Gasteiger partial charge in [-0.05, 0) is 24.3 Å². The summed E-state index contributed by atoms with van der Waals surface area (Å²) >= 11 is 1.58. The molecule has 18 heavy (non-hydrogen) atoms. The highest BCUT2D eigenvalue weighted by molar-refractivity contribution is 7.10. The molecule has 100 valence electrons. The molecule has 0 aliphatic heterocycles. The van der Waals surface area contributed by atoms with Gasteiger partial charge in [0.2, 0.25) is 5.91 Å². The molecule has 2 atom stereocenters. The second-order valence-corrected chi connectivity index (χ2v) is 5.00. The van der Waals surface area contributed by atoms with Crippen molar-refractivity contribution >= 4 is 23.2 Å². The van der Waals surface area contributed by atoms with Crippen molar-refractivity contribution in [3.63, 3.8) is 0 Å². The van der Waals surface area contributed by atoms with Crippen molar-refractivity contribution in [3.8, 4) is 0 Å². The summed E-state index contributed by atoms with van der Waals surface area (Å²) in [6, 6.07) is 3.07. The third-order valence-electron chi connectivity index (χ3n) is 2.62. The zero-order valence-corrected chi connectivity index (χ0v) is 11.1. The number of carboxylic acids is 1. The largest absolute Gasteiger partial charge is 0.481 e. The molecule has 1 heterocycles. The Morgan fingerprint density at radius 3 is 2.78 bits per heavy atom. The first-order chi connectivity index (χ1) is 8.54. The molecule has 1 aromatic rings. The lowest BCUT2D eigenvalue weighted by Crippen LogP contribution is -2.42. The monoisotopic (exact) mass is 270 g/mol. The third-order valence-corrected chi connectivity index (χ3v) is 3.60. The number of nitrogens with one attached hydrogen (secondary N) is 1. The third kappa shape index (κ3) is 4.46. The standard InChI is InChI=1S/C12H18N2O3S/c1-2-9(10-4-3-7-18-10)14-12(17)8(13)5-6-11(15)16/h3-4,7-9H,2,5-6,13H2,1H3,(H,14,17)(H,15,16). The fourth-order valence-corrected chi connectivity index (χ4v) is 2.41. The minimum absolute atomic E-state index is 0.0478. The summed E-state index contributed by atoms with van der Waals surface area (Å²) in [4.78, 5) is 23.3. The minimum Gasteiger partial charge on any atom is -0.481 e. The van der Waals surface area contributed by atoms with Crippen molar-refractivity contribution < 1.29 is 14.7 Å². The van der Waals surface area contributed by atoms with Crippen LogP contribution in [0.1, 0.15) is 37.1 Å². The molecule has 4 N–H and O–H groups in total. The van der Waals surface area contributed by atoms with Gasteiger partial charge in [0.15, 0.2) is 0 Å². The van der Waals surface area contributed by atoms with Crippen LogP contribution in [0.25, 0.3) is 0 Å². The van der Waals surface area contributed by atoms with Crippen LogP contribution in [0, 0.1) is 0 Å². The highest BCUT2D eigenvalue weighted by Gasteiger charge is 2.19. The van der Waals surface area contributed by atoms with Gasteiger partial charge in [-0.2, -0.15) is 0 Å². The van der Waals surface area contributed by atoms with Crippen LogP contribution in [0.5, 0.6) is 0 Å². The molecule has 6 heteroatoms. The Morgan fingerprint density at radius 1 is 1.56 bits per heavy atom. The van der Waals surface area contributed by atoms with Crippen LogP contribution in [-0.2, 0) is 9.59 Å². The molecule has 0 saturated carbocycles. The molecule has 0 aromatic carbocycles. The Labute approximate surface area is 110 Å². The van der Waals surface area contributed by atoms with E-state index >= 15 is 0 Å². The predicted octanol–water partition coefficient (Wildman–Crippen LogP) is 1.51. The molecule has 1 rings (SSSR count). The number of carbonyl (C=O) groups excluding carboxylic acids is 1. The summed E-state index contributed by atoms with van der Waals surface area (Å²) in [6.45, 7) is 1.98. The summed E-state index contributed by atoms with van der Waals surface area (Å²) in [6.07, 6.45) is 0.838. The number of carbonyl (C=O) groups is 2. The normalized spacial score (nSPS) is 13.9. The highest BCUT2D eigenvalue weighted by atomic mass is 32.1. The molecule has 0 bridgehead atoms. The Balaban J connectivity index is 2.49. The summed E-state index contributed by atoms with van der Waals surface area (Å²) in [5.74, 6) is -1.24. The fraction of sp³-hybridized carbons (Fsp3) is 0.500. The lowest BCUT2D eigenvalue weighted by molar-refractivity contribution is -0.137. The fourth-order valence-electron chi connectivity index (χ4n) is 1.55. The summed E-state index contributed by atoms with van der Waals surface area (Å²) in [7, 11) is 0. The van der Waals surface area contributed by atoms with Crippen molar-refractivity contribution in [2.75, 3.05) is 0 Å². The Morgan fingerprint density at radius 2 is 2.28 bits per heavy atom. The topological polar surface area (TPSA) is 92.4 Å². The zero-order valence-electron chi connectivity index (χ0n) is 10.3. The van der Waals surface area contributed by atoms with Crippen LogP contribution in [0.4, 0.5) is 0 Å². The van der Waals surface area contributed by atoms with Gasteiger partial charge in [0, 0.05) is 11.3 Å². The first kappa shape index (κ1) is 14.7. The average Bonchev–Trinajstić information content (AvgIpc) is 2.86. The summed E-state index contributed by atoms with van der Waals surface area (Å²) in [5.41, 5.74) is 5.65. The van der Waals surface area contributed by atoms with E-state index in [0.29, 0.717) is 0 Å². The number of carboxylic acid groups (broad SMARTS) is 1. The molecule has 1 aromatic heterocycles. The van der Waals surface area contributed by atoms with Crippen molar-refractivity contribution in [2.45, 2.75) is 38.3 Å². The second kappa shape index (κ2) is 7.13. The van der Waals surface area contributed by atoms with Gasteiger partial charge < -0.3 is 16.2 Å². The number of amides is 1. The molecule has 0 saturated heterocycles. The van der Waals surface area contributed by atoms with Crippen LogP contribution >= 0.6 is 11.3 Å². The Hall–Kier alpha value is -1.40. The van der Waals surface area contributed by atoms with E-state index in [4.69, 9.17) is 10.8 Å². The van der Waals surface area contributed by atoms with Crippen LogP contribution in [-0.4, -0.2) is 23.0 Å². The molecular weight excluding hydrogens is 252 g/mol. The average molecular weight is 270 g/mol. The molecule has 2 unspecified atom stereocenters. The molecule has 1 amide bonds. The van der Waals surface area contributed by atoms with Gasteiger partial charge >= 0.3 is 5.97 Å². The van der Waals surface area contributed by atoms with Gasteiger partial charge in [0.1, 0.15) is 0 Å². The van der Waals surface area contributed by atoms with Gasteiger partial charge in [-0.1, -0.05) is 13.0 Å². The maximum atomic E-state index is 11.8. The van der Waals surface area contributed by atoms with Crippen molar-refractivity contribution in [3.05, 3.63) is 22.4 Å². The van der Waals surface area contributed by atoms with Gasteiger partial charge in [-0.25, -0.2) is 0 Å². The lowest BCUT2D eigenvalue weighted by Gasteiger charge is -2.18. The smallest absolute Gasteiger partial charge is 0.303 e. The lowest BCUT2D eigenvalue weighted by atomic mass is 10.1. The van der Waals surface area contributed by atoms with E-state index < -0.39 is 12.0 Å². The maximum Gasteiger partial charge on any atom is 0.303 e. The predicted molar refractivity (Wildman–Crippen MR) is 70.3 cm³/mol. The maximum absolute atomic E-state index is 11.8. The van der Waals surface area contributed by atoms with E-state index in [0.717, 1.165) is 11.3 Å². The van der Waals surface area contributed by atoms with E-state index in [-0.39, 0.29) is 24.8 Å². The highest BCUT2D eigenvalue weighted by Crippen LogP contribution is 2.21. The Kier molecular flexibility index (Phi) is 5.80. The Bertz CT molecular complexity index is 392. The zero-order chi connectivity index (χ0) is 13.5. The molecule has 0 spiro atoms. The molecule has 0 aliphatic rings. The number of thiophene rings is 1. The van der Waals surface area contributed by atoms with Gasteiger partial charge in [-0.3, -0.25) is 9.59 Å². The van der Waals surface area contributed by atoms with Gasteiger partial charge in [-0.15, -0.1) is 11.3 Å². The quantitative estimate of drug-likeness (QED) is 0.700. The number of nitrogens with two attached hydrogens (primary N) is 1. The number of aliphatic carboxylic acids is 1. The van der Waals surface area contributed by atoms with E-state index in [9.17, 15) is 9.59 Å². The molecule has 0 aliphatic carbocycles. The second-order valence-electron chi connectivity index (χ2n) is 4.02. The van der Waals surface area contributed by atoms with Crippen LogP contribution < -0.4 is 11.1 Å². The SMILES string of the molecule is CCC(NC(=O)C(N)CCC(=O)O)c1cccs1.